The molecule has 3 rings (SSSR count). The molecule has 2 atom stereocenters. The molecule has 0 spiro atoms. The summed E-state index contributed by atoms with van der Waals surface area (Å²) in [5.41, 5.74) is 3.03. The highest BCUT2D eigenvalue weighted by Gasteiger charge is 2.36. The van der Waals surface area contributed by atoms with Gasteiger partial charge in [0.1, 0.15) is 11.5 Å². The van der Waals surface area contributed by atoms with Crippen LogP contribution in [0.1, 0.15) is 56.5 Å². The van der Waals surface area contributed by atoms with Gasteiger partial charge in [-0.05, 0) is 37.3 Å². The van der Waals surface area contributed by atoms with Crippen molar-refractivity contribution in [2.75, 3.05) is 0 Å². The maximum absolute atomic E-state index is 5.80. The van der Waals surface area contributed by atoms with Crippen LogP contribution in [0.3, 0.4) is 0 Å². The average molecular weight is 235 g/mol. The fourth-order valence-corrected chi connectivity index (χ4v) is 2.64. The molecule has 0 bridgehead atoms. The first-order valence-electron chi connectivity index (χ1n) is 6.80. The normalized spacial score (nSPS) is 28.8. The third-order valence-electron chi connectivity index (χ3n) is 3.96. The molecular weight excluding hydrogens is 214 g/mol. The fourth-order valence-electron chi connectivity index (χ4n) is 2.64. The van der Waals surface area contributed by atoms with Crippen LogP contribution in [0.25, 0.3) is 0 Å². The molecule has 2 saturated carbocycles. The van der Waals surface area contributed by atoms with Gasteiger partial charge in [-0.3, -0.25) is 4.84 Å². The van der Waals surface area contributed by atoms with Crippen LogP contribution < -0.4 is 5.48 Å². The molecule has 0 saturated heterocycles. The Hall–Kier alpha value is -0.800. The molecule has 2 unspecified atom stereocenters. The van der Waals surface area contributed by atoms with Gasteiger partial charge in [0.15, 0.2) is 0 Å². The van der Waals surface area contributed by atoms with E-state index in [0.29, 0.717) is 18.6 Å². The molecule has 94 valence electrons. The van der Waals surface area contributed by atoms with Gasteiger partial charge >= 0.3 is 0 Å². The molecule has 2 aliphatic rings. The van der Waals surface area contributed by atoms with Gasteiger partial charge in [0, 0.05) is 5.92 Å². The van der Waals surface area contributed by atoms with Gasteiger partial charge in [-0.2, -0.15) is 5.48 Å². The van der Waals surface area contributed by atoms with E-state index in [9.17, 15) is 0 Å². The Kier molecular flexibility index (Phi) is 3.21. The number of rotatable bonds is 5. The van der Waals surface area contributed by atoms with Crippen LogP contribution in [-0.4, -0.2) is 6.10 Å². The second-order valence-corrected chi connectivity index (χ2v) is 5.47. The van der Waals surface area contributed by atoms with E-state index >= 15 is 0 Å². The van der Waals surface area contributed by atoms with E-state index in [2.05, 4.69) is 24.5 Å². The molecular formula is C14H21NO2. The lowest BCUT2D eigenvalue weighted by atomic mass is 10.3. The predicted molar refractivity (Wildman–Crippen MR) is 65.4 cm³/mol. The van der Waals surface area contributed by atoms with Crippen molar-refractivity contribution in [3.63, 3.8) is 0 Å². The van der Waals surface area contributed by atoms with E-state index in [1.807, 2.05) is 0 Å². The first kappa shape index (κ1) is 11.3. The number of furan rings is 1. The van der Waals surface area contributed by atoms with Gasteiger partial charge in [-0.1, -0.05) is 19.8 Å². The minimum Gasteiger partial charge on any atom is -0.464 e. The van der Waals surface area contributed by atoms with Crippen molar-refractivity contribution in [2.45, 2.75) is 57.6 Å². The number of hydrogen-bond acceptors (Lipinski definition) is 3. The molecule has 1 aromatic heterocycles. The quantitative estimate of drug-likeness (QED) is 0.795. The summed E-state index contributed by atoms with van der Waals surface area (Å²) in [6.45, 7) is 2.95. The van der Waals surface area contributed by atoms with Gasteiger partial charge in [0.25, 0.3) is 0 Å². The molecule has 2 fully saturated rings. The first-order chi connectivity index (χ1) is 8.33. The van der Waals surface area contributed by atoms with Crippen molar-refractivity contribution < 1.29 is 9.25 Å². The van der Waals surface area contributed by atoms with Gasteiger partial charge in [-0.15, -0.1) is 0 Å². The Balaban J connectivity index is 1.43. The summed E-state index contributed by atoms with van der Waals surface area (Å²) in [5, 5.41) is 0. The zero-order valence-electron chi connectivity index (χ0n) is 10.4. The molecule has 3 heteroatoms. The number of hydrogen-bond donors (Lipinski definition) is 1. The minimum atomic E-state index is 0.410. The topological polar surface area (TPSA) is 34.4 Å². The lowest BCUT2D eigenvalue weighted by Gasteiger charge is -2.10. The molecule has 1 heterocycles. The van der Waals surface area contributed by atoms with Crippen molar-refractivity contribution in [3.8, 4) is 0 Å². The largest absolute Gasteiger partial charge is 0.464 e. The van der Waals surface area contributed by atoms with E-state index in [0.717, 1.165) is 17.4 Å². The lowest BCUT2D eigenvalue weighted by Crippen LogP contribution is -2.21. The van der Waals surface area contributed by atoms with E-state index < -0.39 is 0 Å². The fraction of sp³-hybridized carbons (Fsp3) is 0.714. The maximum Gasteiger partial charge on any atom is 0.120 e. The second kappa shape index (κ2) is 4.83. The van der Waals surface area contributed by atoms with Crippen molar-refractivity contribution in [1.82, 2.24) is 5.48 Å². The Bertz CT molecular complexity index is 368. The van der Waals surface area contributed by atoms with Gasteiger partial charge < -0.3 is 4.42 Å². The van der Waals surface area contributed by atoms with Crippen LogP contribution in [-0.2, 0) is 11.4 Å². The third-order valence-corrected chi connectivity index (χ3v) is 3.96. The molecule has 1 aromatic rings. The van der Waals surface area contributed by atoms with Gasteiger partial charge in [0.05, 0.1) is 12.6 Å². The molecule has 0 radical (unpaired) electrons. The van der Waals surface area contributed by atoms with Crippen molar-refractivity contribution in [2.24, 2.45) is 5.92 Å². The molecule has 0 aliphatic heterocycles. The summed E-state index contributed by atoms with van der Waals surface area (Å²) in [5.74, 6) is 3.60. The van der Waals surface area contributed by atoms with E-state index in [1.165, 1.54) is 32.1 Å². The summed E-state index contributed by atoms with van der Waals surface area (Å²) < 4.78 is 5.80. The monoisotopic (exact) mass is 235 g/mol. The molecule has 0 aromatic carbocycles. The van der Waals surface area contributed by atoms with Gasteiger partial charge in [-0.25, -0.2) is 0 Å². The Labute approximate surface area is 102 Å². The highest BCUT2D eigenvalue weighted by atomic mass is 16.7. The average Bonchev–Trinajstić information content (AvgIpc) is 2.76. The number of hydroxylamine groups is 1. The Morgan fingerprint density at radius 2 is 2.12 bits per heavy atom. The highest BCUT2D eigenvalue weighted by molar-refractivity contribution is 5.17. The van der Waals surface area contributed by atoms with Crippen LogP contribution >= 0.6 is 0 Å². The molecule has 0 amide bonds. The van der Waals surface area contributed by atoms with Crippen LogP contribution in [0, 0.1) is 5.92 Å². The van der Waals surface area contributed by atoms with Crippen molar-refractivity contribution >= 4 is 0 Å². The van der Waals surface area contributed by atoms with E-state index in [1.54, 1.807) is 0 Å². The molecule has 17 heavy (non-hydrogen) atoms. The zero-order chi connectivity index (χ0) is 11.7. The molecule has 1 N–H and O–H groups in total. The maximum atomic E-state index is 5.80. The Morgan fingerprint density at radius 1 is 1.35 bits per heavy atom. The second-order valence-electron chi connectivity index (χ2n) is 5.47. The molecule has 2 aliphatic carbocycles. The van der Waals surface area contributed by atoms with Gasteiger partial charge in [0.2, 0.25) is 0 Å². The van der Waals surface area contributed by atoms with Crippen molar-refractivity contribution in [1.29, 1.82) is 0 Å². The summed E-state index contributed by atoms with van der Waals surface area (Å²) in [7, 11) is 0. The predicted octanol–water partition coefficient (Wildman–Crippen LogP) is 3.37. The number of nitrogens with one attached hydrogen (secondary N) is 1. The summed E-state index contributed by atoms with van der Waals surface area (Å²) in [6, 6.07) is 4.17. The lowest BCUT2D eigenvalue weighted by molar-refractivity contribution is -0.0269. The highest BCUT2D eigenvalue weighted by Crippen LogP contribution is 2.47. The van der Waals surface area contributed by atoms with E-state index in [-0.39, 0.29) is 0 Å². The SMILES string of the molecule is CC1CC1c1ccc(CNOC2CCCC2)o1. The van der Waals surface area contributed by atoms with Crippen molar-refractivity contribution in [3.05, 3.63) is 23.7 Å². The van der Waals surface area contributed by atoms with Crippen LogP contribution in [0.2, 0.25) is 0 Å². The first-order valence-corrected chi connectivity index (χ1v) is 6.80. The zero-order valence-corrected chi connectivity index (χ0v) is 10.4. The Morgan fingerprint density at radius 3 is 2.82 bits per heavy atom. The standard InChI is InChI=1S/C14H21NO2/c1-10-8-13(10)14-7-6-12(16-14)9-15-17-11-4-2-3-5-11/h6-7,10-11,13,15H,2-5,8-9H2,1H3. The minimum absolute atomic E-state index is 0.410. The third kappa shape index (κ3) is 2.72. The summed E-state index contributed by atoms with van der Waals surface area (Å²) in [4.78, 5) is 5.60. The summed E-state index contributed by atoms with van der Waals surface area (Å²) in [6.07, 6.45) is 6.67. The smallest absolute Gasteiger partial charge is 0.120 e. The van der Waals surface area contributed by atoms with Crippen LogP contribution in [0.5, 0.6) is 0 Å². The summed E-state index contributed by atoms with van der Waals surface area (Å²) >= 11 is 0. The van der Waals surface area contributed by atoms with Crippen LogP contribution in [0.4, 0.5) is 0 Å². The van der Waals surface area contributed by atoms with Crippen LogP contribution in [0.15, 0.2) is 16.5 Å². The molecule has 3 nitrogen and oxygen atoms in total. The van der Waals surface area contributed by atoms with E-state index in [4.69, 9.17) is 9.25 Å².